The molecule has 0 N–H and O–H groups in total. The van der Waals surface area contributed by atoms with Gasteiger partial charge in [-0.25, -0.2) is 0 Å². The molecule has 0 saturated heterocycles. The highest BCUT2D eigenvalue weighted by atomic mass is 15.1. The fourth-order valence-corrected chi connectivity index (χ4v) is 20.3. The highest BCUT2D eigenvalue weighted by Gasteiger charge is 2.57. The number of hydrogen-bond donors (Lipinski definition) is 0. The van der Waals surface area contributed by atoms with E-state index in [1.54, 1.807) is 0 Å². The molecule has 18 aromatic carbocycles. The van der Waals surface area contributed by atoms with Crippen LogP contribution in [0.2, 0.25) is 0 Å². The Kier molecular flexibility index (Phi) is 17.0. The third kappa shape index (κ3) is 10.9. The van der Waals surface area contributed by atoms with Gasteiger partial charge in [0.2, 0.25) is 0 Å². The van der Waals surface area contributed by atoms with E-state index in [9.17, 15) is 0 Å². The summed E-state index contributed by atoms with van der Waals surface area (Å²) in [5, 5.41) is 0. The average Bonchev–Trinajstić information content (AvgIpc) is 1.43. The second-order valence-corrected chi connectivity index (χ2v) is 31.7. The number of fused-ring (bicyclic) bond motifs is 18. The number of benzene rings is 18. The quantitative estimate of drug-likeness (QED) is 0.120. The SMILES string of the molecule is CC1(C)c2ccccc2C2(c3ccccc3-c3cc(N(c4ccc(-c5ccccc5)cc4)c4ccc(-c5ccccc5)cc4)ccc32)c2ccccc21.c1ccc(-c2ccc(N(c3ccc(-c4ccccc4)cc3)c3ccc4c(c3)-c3ccccc3C43c4ccccc4C(c4ccccc4)(c4ccccc4)c4ccccc43)cc2)cc1. The van der Waals surface area contributed by atoms with Gasteiger partial charge < -0.3 is 9.80 Å². The lowest BCUT2D eigenvalue weighted by atomic mass is 9.51. The van der Waals surface area contributed by atoms with E-state index in [-0.39, 0.29) is 5.41 Å². The first-order valence-corrected chi connectivity index (χ1v) is 40.5. The fourth-order valence-electron chi connectivity index (χ4n) is 20.3. The summed E-state index contributed by atoms with van der Waals surface area (Å²) in [6, 6.07) is 170. The molecule has 4 aliphatic carbocycles. The van der Waals surface area contributed by atoms with Gasteiger partial charge in [0, 0.05) is 39.5 Å². The molecule has 0 unspecified atom stereocenters. The lowest BCUT2D eigenvalue weighted by Gasteiger charge is -2.50. The maximum absolute atomic E-state index is 2.45. The highest BCUT2D eigenvalue weighted by Crippen LogP contribution is 2.66. The van der Waals surface area contributed by atoms with Crippen LogP contribution in [-0.4, -0.2) is 0 Å². The Morgan fingerprint density at radius 3 is 0.629 bits per heavy atom. The molecule has 22 rings (SSSR count). The van der Waals surface area contributed by atoms with E-state index >= 15 is 0 Å². The van der Waals surface area contributed by atoms with E-state index in [2.05, 4.69) is 485 Å². The van der Waals surface area contributed by atoms with Gasteiger partial charge >= 0.3 is 0 Å². The molecule has 0 saturated carbocycles. The van der Waals surface area contributed by atoms with Crippen molar-refractivity contribution < 1.29 is 0 Å². The molecule has 0 aromatic heterocycles. The van der Waals surface area contributed by atoms with Crippen LogP contribution in [0.25, 0.3) is 66.8 Å². The minimum absolute atomic E-state index is 0.120. The molecule has 0 atom stereocenters. The zero-order chi connectivity index (χ0) is 77.4. The van der Waals surface area contributed by atoms with Crippen molar-refractivity contribution in [2.45, 2.75) is 35.5 Å². The predicted octanol–water partition coefficient (Wildman–Crippen LogP) is 29.0. The molecule has 4 aliphatic rings. The lowest BCUT2D eigenvalue weighted by molar-refractivity contribution is 0.563. The van der Waals surface area contributed by atoms with Crippen molar-refractivity contribution >= 4 is 34.1 Å². The smallest absolute Gasteiger partial charge is 0.0720 e. The van der Waals surface area contributed by atoms with Crippen molar-refractivity contribution in [1.82, 2.24) is 0 Å². The third-order valence-electron chi connectivity index (χ3n) is 25.4. The number of rotatable bonds is 12. The average molecular weight is 1480 g/mol. The fraction of sp³-hybridized carbons (Fsp3) is 0.0526. The molecule has 0 heterocycles. The minimum atomic E-state index is -0.551. The topological polar surface area (TPSA) is 6.48 Å². The van der Waals surface area contributed by atoms with E-state index in [0.717, 1.165) is 34.1 Å². The largest absolute Gasteiger partial charge is 0.310 e. The second kappa shape index (κ2) is 28.3. The predicted molar refractivity (Wildman–Crippen MR) is 483 cm³/mol. The van der Waals surface area contributed by atoms with Gasteiger partial charge in [-0.1, -0.05) is 402 Å². The summed E-state index contributed by atoms with van der Waals surface area (Å²) < 4.78 is 0. The van der Waals surface area contributed by atoms with Crippen molar-refractivity contribution in [3.05, 3.63) is 539 Å². The Morgan fingerprint density at radius 1 is 0.147 bits per heavy atom. The van der Waals surface area contributed by atoms with Gasteiger partial charge in [-0.2, -0.15) is 0 Å². The molecule has 2 spiro atoms. The van der Waals surface area contributed by atoms with Crippen molar-refractivity contribution in [2.75, 3.05) is 9.80 Å². The molecule has 2 nitrogen and oxygen atoms in total. The molecule has 116 heavy (non-hydrogen) atoms. The van der Waals surface area contributed by atoms with E-state index in [1.165, 1.54) is 145 Å². The molecule has 18 aromatic rings. The Labute approximate surface area is 680 Å². The van der Waals surface area contributed by atoms with Crippen LogP contribution in [-0.2, 0) is 21.7 Å². The maximum atomic E-state index is 2.45. The lowest BCUT2D eigenvalue weighted by Crippen LogP contribution is -2.44. The standard InChI is InChI=1S/C62H43N.C52H39N/c1-5-19-44(20-6-1)46-33-37-50(38-34-46)63(51-39-35-47(36-40-51)45-21-7-2-8-22-45)52-41-42-56-54(43-52)53-27-13-14-28-55(53)62(56)59-31-17-15-29-57(59)61(48-23-9-3-10-24-48,49-25-11-4-12-26-49)58-30-16-18-32-60(58)62;1-51(2)47-21-11-13-23-49(47)52(50-24-14-12-22-48(50)51)45-20-10-9-19-43(45)44-35-42(33-34-46(44)52)53(40-29-25-38(26-30-40)36-15-5-3-6-16-36)41-31-27-39(28-32-41)37-17-7-4-8-18-37/h1-43H;3-35H,1-2H3. The van der Waals surface area contributed by atoms with Gasteiger partial charge in [0.25, 0.3) is 0 Å². The van der Waals surface area contributed by atoms with Gasteiger partial charge in [0.05, 0.1) is 16.2 Å². The summed E-state index contributed by atoms with van der Waals surface area (Å²) in [6.07, 6.45) is 0. The van der Waals surface area contributed by atoms with Gasteiger partial charge in [0.1, 0.15) is 0 Å². The van der Waals surface area contributed by atoms with Gasteiger partial charge in [-0.3, -0.25) is 0 Å². The maximum Gasteiger partial charge on any atom is 0.0720 e. The Morgan fingerprint density at radius 2 is 0.345 bits per heavy atom. The van der Waals surface area contributed by atoms with Crippen LogP contribution >= 0.6 is 0 Å². The number of nitrogens with zero attached hydrogens (tertiary/aromatic N) is 2. The second-order valence-electron chi connectivity index (χ2n) is 31.7. The number of hydrogen-bond acceptors (Lipinski definition) is 2. The first-order chi connectivity index (χ1) is 57.3. The Bertz CT molecular complexity index is 6370. The summed E-state index contributed by atoms with van der Waals surface area (Å²) in [7, 11) is 0. The van der Waals surface area contributed by atoms with Crippen LogP contribution in [0.3, 0.4) is 0 Å². The normalized spacial score (nSPS) is 13.9. The molecule has 548 valence electrons. The molecule has 0 aliphatic heterocycles. The van der Waals surface area contributed by atoms with E-state index in [4.69, 9.17) is 0 Å². The first kappa shape index (κ1) is 69.5. The minimum Gasteiger partial charge on any atom is -0.310 e. The van der Waals surface area contributed by atoms with Crippen LogP contribution < -0.4 is 9.80 Å². The van der Waals surface area contributed by atoms with Crippen molar-refractivity contribution in [2.24, 2.45) is 0 Å². The zero-order valence-corrected chi connectivity index (χ0v) is 64.8. The van der Waals surface area contributed by atoms with Crippen molar-refractivity contribution in [3.8, 4) is 66.8 Å². The van der Waals surface area contributed by atoms with Crippen molar-refractivity contribution in [3.63, 3.8) is 0 Å². The molecule has 0 radical (unpaired) electrons. The molecule has 0 fully saturated rings. The van der Waals surface area contributed by atoms with Crippen LogP contribution in [0.1, 0.15) is 91.7 Å². The Hall–Kier alpha value is -14.4. The zero-order valence-electron chi connectivity index (χ0n) is 64.8. The highest BCUT2D eigenvalue weighted by molar-refractivity contribution is 5.95. The van der Waals surface area contributed by atoms with Crippen LogP contribution in [0.15, 0.2) is 461 Å². The third-order valence-corrected chi connectivity index (χ3v) is 25.4. The summed E-state index contributed by atoms with van der Waals surface area (Å²) in [4.78, 5) is 4.82. The van der Waals surface area contributed by atoms with Gasteiger partial charge in [-0.05, 0) is 217 Å². The molecule has 2 heteroatoms. The number of anilines is 6. The molecule has 0 amide bonds. The molecular weight excluding hydrogens is 1400 g/mol. The summed E-state index contributed by atoms with van der Waals surface area (Å²) in [6.45, 7) is 4.76. The summed E-state index contributed by atoms with van der Waals surface area (Å²) in [5.41, 5.74) is 38.5. The van der Waals surface area contributed by atoms with E-state index < -0.39 is 16.2 Å². The molecular formula is C114H82N2. The molecule has 0 bridgehead atoms. The Balaban J connectivity index is 0.000000147. The first-order valence-electron chi connectivity index (χ1n) is 40.5. The van der Waals surface area contributed by atoms with E-state index in [1.807, 2.05) is 0 Å². The van der Waals surface area contributed by atoms with Gasteiger partial charge in [-0.15, -0.1) is 0 Å². The summed E-state index contributed by atoms with van der Waals surface area (Å²) >= 11 is 0. The summed E-state index contributed by atoms with van der Waals surface area (Å²) in [5.74, 6) is 0. The monoisotopic (exact) mass is 1480 g/mol. The van der Waals surface area contributed by atoms with Crippen LogP contribution in [0.5, 0.6) is 0 Å². The van der Waals surface area contributed by atoms with Crippen LogP contribution in [0.4, 0.5) is 34.1 Å². The van der Waals surface area contributed by atoms with Gasteiger partial charge in [0.15, 0.2) is 0 Å². The van der Waals surface area contributed by atoms with Crippen LogP contribution in [0, 0.1) is 0 Å². The van der Waals surface area contributed by atoms with E-state index in [0.29, 0.717) is 0 Å². The van der Waals surface area contributed by atoms with Crippen molar-refractivity contribution in [1.29, 1.82) is 0 Å².